The van der Waals surface area contributed by atoms with E-state index in [0.29, 0.717) is 5.52 Å². The Balaban J connectivity index is 2.86. The Morgan fingerprint density at radius 1 is 1.33 bits per heavy atom. The average Bonchev–Trinajstić information content (AvgIpc) is 2.04. The third-order valence-electron chi connectivity index (χ3n) is 1.69. The predicted octanol–water partition coefficient (Wildman–Crippen LogP) is 1.64. The van der Waals surface area contributed by atoms with Crippen molar-refractivity contribution in [3.63, 3.8) is 0 Å². The summed E-state index contributed by atoms with van der Waals surface area (Å²) in [6, 6.07) is 3.42. The molecular weight excluding hydrogens is 152 g/mol. The molecule has 0 fully saturated rings. The van der Waals surface area contributed by atoms with Gasteiger partial charge >= 0.3 is 0 Å². The smallest absolute Gasteiger partial charge is 0.144 e. The summed E-state index contributed by atoms with van der Waals surface area (Å²) in [6.07, 6.45) is 3.28. The van der Waals surface area contributed by atoms with E-state index in [1.54, 1.807) is 12.4 Å². The van der Waals surface area contributed by atoms with Crippen LogP contribution in [0.25, 0.3) is 11.0 Å². The maximum atomic E-state index is 9.36. The highest BCUT2D eigenvalue weighted by Gasteiger charge is 2.00. The summed E-state index contributed by atoms with van der Waals surface area (Å²) in [5.74, 6) is 0.181. The monoisotopic (exact) mass is 160 g/mol. The first-order chi connectivity index (χ1) is 5.77. The molecule has 3 heteroatoms. The highest BCUT2D eigenvalue weighted by Crippen LogP contribution is 2.19. The minimum Gasteiger partial charge on any atom is -0.506 e. The number of rotatable bonds is 0. The Hall–Kier alpha value is -1.64. The first-order valence-corrected chi connectivity index (χ1v) is 3.68. The number of hydrogen-bond acceptors (Lipinski definition) is 3. The standard InChI is InChI=1S/C9H8N2O/c1-6-4-7-9(11-5-6)8(12)2-3-10-7/h2-5H,1H3,(H,10,12). The second-order valence-corrected chi connectivity index (χ2v) is 2.71. The Morgan fingerprint density at radius 2 is 2.17 bits per heavy atom. The summed E-state index contributed by atoms with van der Waals surface area (Å²) in [6.45, 7) is 1.94. The Bertz CT molecular complexity index is 426. The van der Waals surface area contributed by atoms with Gasteiger partial charge in [0.25, 0.3) is 0 Å². The van der Waals surface area contributed by atoms with Crippen molar-refractivity contribution in [2.75, 3.05) is 0 Å². The molecule has 0 unspecified atom stereocenters. The lowest BCUT2D eigenvalue weighted by atomic mass is 10.2. The summed E-state index contributed by atoms with van der Waals surface area (Å²) in [5, 5.41) is 9.36. The molecule has 0 aromatic carbocycles. The molecule has 0 spiro atoms. The Morgan fingerprint density at radius 3 is 3.00 bits per heavy atom. The van der Waals surface area contributed by atoms with Gasteiger partial charge in [-0.25, -0.2) is 0 Å². The van der Waals surface area contributed by atoms with Gasteiger partial charge in [0.05, 0.1) is 5.52 Å². The summed E-state index contributed by atoms with van der Waals surface area (Å²) in [4.78, 5) is 8.15. The van der Waals surface area contributed by atoms with Gasteiger partial charge in [0.1, 0.15) is 11.3 Å². The second kappa shape index (κ2) is 2.44. The van der Waals surface area contributed by atoms with Gasteiger partial charge in [0.15, 0.2) is 0 Å². The molecule has 0 amide bonds. The summed E-state index contributed by atoms with van der Waals surface area (Å²) >= 11 is 0. The third-order valence-corrected chi connectivity index (χ3v) is 1.69. The van der Waals surface area contributed by atoms with Crippen LogP contribution < -0.4 is 0 Å². The molecule has 2 heterocycles. The SMILES string of the molecule is Cc1cnc2c(O)ccnc2c1. The molecule has 0 aliphatic rings. The van der Waals surface area contributed by atoms with E-state index in [9.17, 15) is 5.11 Å². The molecular formula is C9H8N2O. The maximum Gasteiger partial charge on any atom is 0.144 e. The number of pyridine rings is 2. The molecule has 0 bridgehead atoms. The van der Waals surface area contributed by atoms with Crippen molar-refractivity contribution < 1.29 is 5.11 Å². The minimum absolute atomic E-state index is 0.181. The molecule has 12 heavy (non-hydrogen) atoms. The first kappa shape index (κ1) is 7.03. The van der Waals surface area contributed by atoms with Crippen LogP contribution in [0.1, 0.15) is 5.56 Å². The lowest BCUT2D eigenvalue weighted by Crippen LogP contribution is -1.84. The van der Waals surface area contributed by atoms with E-state index < -0.39 is 0 Å². The number of aromatic hydroxyl groups is 1. The van der Waals surface area contributed by atoms with Gasteiger partial charge in [-0.1, -0.05) is 0 Å². The Labute approximate surface area is 69.7 Å². The van der Waals surface area contributed by atoms with E-state index in [2.05, 4.69) is 9.97 Å². The number of fused-ring (bicyclic) bond motifs is 1. The fraction of sp³-hybridized carbons (Fsp3) is 0.111. The lowest BCUT2D eigenvalue weighted by Gasteiger charge is -1.98. The molecule has 0 radical (unpaired) electrons. The van der Waals surface area contributed by atoms with Gasteiger partial charge in [-0.3, -0.25) is 9.97 Å². The molecule has 60 valence electrons. The molecule has 0 aliphatic heterocycles. The van der Waals surface area contributed by atoms with Crippen molar-refractivity contribution in [2.24, 2.45) is 0 Å². The van der Waals surface area contributed by atoms with Gasteiger partial charge in [-0.05, 0) is 18.6 Å². The topological polar surface area (TPSA) is 46.0 Å². The molecule has 0 saturated heterocycles. The van der Waals surface area contributed by atoms with Gasteiger partial charge in [-0.15, -0.1) is 0 Å². The normalized spacial score (nSPS) is 10.4. The van der Waals surface area contributed by atoms with Crippen molar-refractivity contribution in [1.82, 2.24) is 9.97 Å². The summed E-state index contributed by atoms with van der Waals surface area (Å²) in [7, 11) is 0. The van der Waals surface area contributed by atoms with Crippen molar-refractivity contribution in [3.05, 3.63) is 30.1 Å². The number of aromatic nitrogens is 2. The zero-order chi connectivity index (χ0) is 8.55. The predicted molar refractivity (Wildman–Crippen MR) is 45.9 cm³/mol. The van der Waals surface area contributed by atoms with Gasteiger partial charge < -0.3 is 5.11 Å². The largest absolute Gasteiger partial charge is 0.506 e. The fourth-order valence-corrected chi connectivity index (χ4v) is 1.12. The minimum atomic E-state index is 0.181. The van der Waals surface area contributed by atoms with Crippen LogP contribution in [0.15, 0.2) is 24.5 Å². The van der Waals surface area contributed by atoms with E-state index in [0.717, 1.165) is 11.1 Å². The van der Waals surface area contributed by atoms with Crippen LogP contribution >= 0.6 is 0 Å². The maximum absolute atomic E-state index is 9.36. The van der Waals surface area contributed by atoms with Crippen LogP contribution in [0.3, 0.4) is 0 Å². The molecule has 0 aliphatic carbocycles. The van der Waals surface area contributed by atoms with Gasteiger partial charge in [0, 0.05) is 18.5 Å². The van der Waals surface area contributed by atoms with Gasteiger partial charge in [0.2, 0.25) is 0 Å². The third kappa shape index (κ3) is 0.993. The molecule has 3 nitrogen and oxygen atoms in total. The molecule has 0 saturated carbocycles. The lowest BCUT2D eigenvalue weighted by molar-refractivity contribution is 0.480. The van der Waals surface area contributed by atoms with Crippen molar-refractivity contribution in [1.29, 1.82) is 0 Å². The summed E-state index contributed by atoms with van der Waals surface area (Å²) in [5.41, 5.74) is 2.33. The Kier molecular flexibility index (Phi) is 1.43. The van der Waals surface area contributed by atoms with Crippen LogP contribution in [0.4, 0.5) is 0 Å². The molecule has 1 N–H and O–H groups in total. The van der Waals surface area contributed by atoms with Crippen LogP contribution in [0.5, 0.6) is 5.75 Å². The van der Waals surface area contributed by atoms with Crippen LogP contribution in [-0.4, -0.2) is 15.1 Å². The van der Waals surface area contributed by atoms with E-state index in [1.807, 2.05) is 13.0 Å². The highest BCUT2D eigenvalue weighted by molar-refractivity contribution is 5.80. The molecule has 2 aromatic rings. The first-order valence-electron chi connectivity index (χ1n) is 3.68. The van der Waals surface area contributed by atoms with Crippen molar-refractivity contribution >= 4 is 11.0 Å². The molecule has 2 rings (SSSR count). The van der Waals surface area contributed by atoms with Gasteiger partial charge in [-0.2, -0.15) is 0 Å². The van der Waals surface area contributed by atoms with Crippen molar-refractivity contribution in [2.45, 2.75) is 6.92 Å². The molecule has 0 atom stereocenters. The van der Waals surface area contributed by atoms with Crippen LogP contribution in [0.2, 0.25) is 0 Å². The number of nitrogens with zero attached hydrogens (tertiary/aromatic N) is 2. The zero-order valence-electron chi connectivity index (χ0n) is 6.65. The number of hydrogen-bond donors (Lipinski definition) is 1. The summed E-state index contributed by atoms with van der Waals surface area (Å²) < 4.78 is 0. The zero-order valence-corrected chi connectivity index (χ0v) is 6.65. The van der Waals surface area contributed by atoms with E-state index >= 15 is 0 Å². The van der Waals surface area contributed by atoms with E-state index in [1.165, 1.54) is 6.07 Å². The highest BCUT2D eigenvalue weighted by atomic mass is 16.3. The van der Waals surface area contributed by atoms with E-state index in [4.69, 9.17) is 0 Å². The van der Waals surface area contributed by atoms with E-state index in [-0.39, 0.29) is 5.75 Å². The average molecular weight is 160 g/mol. The van der Waals surface area contributed by atoms with Crippen LogP contribution in [0, 0.1) is 6.92 Å². The number of aryl methyl sites for hydroxylation is 1. The fourth-order valence-electron chi connectivity index (χ4n) is 1.12. The van der Waals surface area contributed by atoms with Crippen molar-refractivity contribution in [3.8, 4) is 5.75 Å². The quantitative estimate of drug-likeness (QED) is 0.637. The second-order valence-electron chi connectivity index (χ2n) is 2.71. The van der Waals surface area contributed by atoms with Crippen LogP contribution in [-0.2, 0) is 0 Å². The molecule has 2 aromatic heterocycles.